The highest BCUT2D eigenvalue weighted by atomic mass is 16.4. The molecule has 0 spiro atoms. The smallest absolute Gasteiger partial charge is 0.317 e. The molecule has 132 valence electrons. The molecule has 0 aromatic carbocycles. The lowest BCUT2D eigenvalue weighted by molar-refractivity contribution is -0.154. The third kappa shape index (κ3) is 11.4. The van der Waals surface area contributed by atoms with Crippen LogP contribution in [0.15, 0.2) is 12.2 Å². The van der Waals surface area contributed by atoms with Crippen molar-refractivity contribution in [3.8, 4) is 0 Å². The number of hydrogen-bond donors (Lipinski definition) is 3. The van der Waals surface area contributed by atoms with Crippen LogP contribution in [0, 0.1) is 5.92 Å². The summed E-state index contributed by atoms with van der Waals surface area (Å²) in [5, 5.41) is 20.3. The molecular formula is C17H29NO5. The fraction of sp³-hybridized carbons (Fsp3) is 0.706. The molecule has 0 aromatic heterocycles. The minimum Gasteiger partial charge on any atom is -0.481 e. The highest BCUT2D eigenvalue weighted by molar-refractivity contribution is 5.92. The van der Waals surface area contributed by atoms with Crippen LogP contribution in [0.5, 0.6) is 0 Å². The van der Waals surface area contributed by atoms with Crippen molar-refractivity contribution < 1.29 is 24.6 Å². The summed E-state index contributed by atoms with van der Waals surface area (Å²) in [6, 6.07) is 0. The van der Waals surface area contributed by atoms with Gasteiger partial charge in [0.2, 0.25) is 5.91 Å². The van der Waals surface area contributed by atoms with E-state index in [4.69, 9.17) is 10.2 Å². The van der Waals surface area contributed by atoms with E-state index in [1.807, 2.05) is 0 Å². The number of nitrogens with one attached hydrogen (secondary N) is 1. The number of carboxylic acids is 2. The van der Waals surface area contributed by atoms with Crippen LogP contribution in [0.3, 0.4) is 0 Å². The molecular weight excluding hydrogens is 298 g/mol. The van der Waals surface area contributed by atoms with Gasteiger partial charge >= 0.3 is 11.9 Å². The molecule has 0 bridgehead atoms. The molecule has 0 rings (SSSR count). The van der Waals surface area contributed by atoms with Crippen LogP contribution in [0.4, 0.5) is 0 Å². The number of rotatable bonds is 14. The van der Waals surface area contributed by atoms with Gasteiger partial charge in [0, 0.05) is 12.1 Å². The van der Waals surface area contributed by atoms with Crippen molar-refractivity contribution in [2.45, 2.75) is 64.7 Å². The number of amides is 1. The molecule has 6 nitrogen and oxygen atoms in total. The first-order valence-corrected chi connectivity index (χ1v) is 8.25. The van der Waals surface area contributed by atoms with E-state index in [0.29, 0.717) is 18.5 Å². The standard InChI is InChI=1S/C17H29NO5/c1-13(2)15(19)18-12-10-8-6-4-3-5-7-9-11-14(16(20)21)17(22)23/h14H,1,3-12H2,2H3,(H,18,19)(H,20,21)(H,22,23). The van der Waals surface area contributed by atoms with Crippen molar-refractivity contribution in [3.05, 3.63) is 12.2 Å². The van der Waals surface area contributed by atoms with E-state index in [1.54, 1.807) is 6.92 Å². The van der Waals surface area contributed by atoms with Crippen molar-refractivity contribution in [1.82, 2.24) is 5.32 Å². The molecule has 0 saturated heterocycles. The SMILES string of the molecule is C=C(C)C(=O)NCCCCCCCCCCC(C(=O)O)C(=O)O. The quantitative estimate of drug-likeness (QED) is 0.258. The largest absolute Gasteiger partial charge is 0.481 e. The zero-order chi connectivity index (χ0) is 17.7. The number of carboxylic acid groups (broad SMARTS) is 2. The second-order valence-corrected chi connectivity index (χ2v) is 5.88. The molecule has 1 amide bonds. The Kier molecular flexibility index (Phi) is 11.7. The lowest BCUT2D eigenvalue weighted by atomic mass is 10.0. The maximum Gasteiger partial charge on any atom is 0.317 e. The third-order valence-electron chi connectivity index (χ3n) is 3.69. The maximum absolute atomic E-state index is 11.2. The Morgan fingerprint density at radius 1 is 0.870 bits per heavy atom. The molecule has 0 aromatic rings. The molecule has 0 heterocycles. The molecule has 0 atom stereocenters. The van der Waals surface area contributed by atoms with Crippen LogP contribution in [-0.4, -0.2) is 34.6 Å². The van der Waals surface area contributed by atoms with Crippen LogP contribution in [0.25, 0.3) is 0 Å². The Morgan fingerprint density at radius 2 is 1.30 bits per heavy atom. The highest BCUT2D eigenvalue weighted by Gasteiger charge is 2.24. The molecule has 0 aliphatic rings. The van der Waals surface area contributed by atoms with Gasteiger partial charge in [0.1, 0.15) is 0 Å². The van der Waals surface area contributed by atoms with Gasteiger partial charge in [-0.1, -0.05) is 51.5 Å². The fourth-order valence-electron chi connectivity index (χ4n) is 2.24. The molecule has 0 unspecified atom stereocenters. The van der Waals surface area contributed by atoms with Crippen molar-refractivity contribution in [1.29, 1.82) is 0 Å². The van der Waals surface area contributed by atoms with Gasteiger partial charge in [0.05, 0.1) is 0 Å². The van der Waals surface area contributed by atoms with Gasteiger partial charge in [-0.25, -0.2) is 0 Å². The van der Waals surface area contributed by atoms with Gasteiger partial charge in [0.25, 0.3) is 0 Å². The highest BCUT2D eigenvalue weighted by Crippen LogP contribution is 2.13. The van der Waals surface area contributed by atoms with E-state index in [0.717, 1.165) is 44.9 Å². The van der Waals surface area contributed by atoms with Gasteiger partial charge in [-0.15, -0.1) is 0 Å². The second-order valence-electron chi connectivity index (χ2n) is 5.88. The van der Waals surface area contributed by atoms with Crippen molar-refractivity contribution in [3.63, 3.8) is 0 Å². The molecule has 0 aliphatic carbocycles. The average molecular weight is 327 g/mol. The number of unbranched alkanes of at least 4 members (excludes halogenated alkanes) is 7. The van der Waals surface area contributed by atoms with Gasteiger partial charge in [-0.3, -0.25) is 14.4 Å². The second kappa shape index (κ2) is 12.7. The lowest BCUT2D eigenvalue weighted by Crippen LogP contribution is -2.24. The van der Waals surface area contributed by atoms with Gasteiger partial charge < -0.3 is 15.5 Å². The van der Waals surface area contributed by atoms with E-state index in [2.05, 4.69) is 11.9 Å². The van der Waals surface area contributed by atoms with E-state index < -0.39 is 17.9 Å². The van der Waals surface area contributed by atoms with Crippen LogP contribution in [-0.2, 0) is 14.4 Å². The maximum atomic E-state index is 11.2. The summed E-state index contributed by atoms with van der Waals surface area (Å²) in [6.07, 6.45) is 8.01. The first-order chi connectivity index (χ1) is 10.9. The van der Waals surface area contributed by atoms with Gasteiger partial charge in [-0.2, -0.15) is 0 Å². The predicted molar refractivity (Wildman–Crippen MR) is 88.1 cm³/mol. The van der Waals surface area contributed by atoms with E-state index in [1.165, 1.54) is 0 Å². The summed E-state index contributed by atoms with van der Waals surface area (Å²) < 4.78 is 0. The molecule has 0 saturated carbocycles. The first kappa shape index (κ1) is 21.1. The Balaban J connectivity index is 3.40. The zero-order valence-electron chi connectivity index (χ0n) is 14.0. The van der Waals surface area contributed by atoms with Gasteiger partial charge in [-0.05, 0) is 19.8 Å². The Hall–Kier alpha value is -1.85. The Morgan fingerprint density at radius 3 is 1.74 bits per heavy atom. The summed E-state index contributed by atoms with van der Waals surface area (Å²) in [5.74, 6) is -3.87. The number of carbonyl (C=O) groups is 3. The molecule has 0 radical (unpaired) electrons. The monoisotopic (exact) mass is 327 g/mol. The van der Waals surface area contributed by atoms with E-state index >= 15 is 0 Å². The summed E-state index contributed by atoms with van der Waals surface area (Å²) in [4.78, 5) is 32.6. The molecule has 0 aliphatic heterocycles. The first-order valence-electron chi connectivity index (χ1n) is 8.25. The minimum atomic E-state index is -1.27. The van der Waals surface area contributed by atoms with Crippen molar-refractivity contribution in [2.24, 2.45) is 5.92 Å². The van der Waals surface area contributed by atoms with E-state index in [9.17, 15) is 14.4 Å². The van der Waals surface area contributed by atoms with Crippen LogP contribution < -0.4 is 5.32 Å². The third-order valence-corrected chi connectivity index (χ3v) is 3.69. The minimum absolute atomic E-state index is 0.0916. The Bertz CT molecular complexity index is 392. The lowest BCUT2D eigenvalue weighted by Gasteiger charge is -2.07. The normalized spacial score (nSPS) is 10.5. The van der Waals surface area contributed by atoms with Crippen molar-refractivity contribution in [2.75, 3.05) is 6.54 Å². The molecule has 0 fully saturated rings. The van der Waals surface area contributed by atoms with Gasteiger partial charge in [0.15, 0.2) is 5.92 Å². The number of hydrogen-bond acceptors (Lipinski definition) is 3. The fourth-order valence-corrected chi connectivity index (χ4v) is 2.24. The summed E-state index contributed by atoms with van der Waals surface area (Å²) in [6.45, 7) is 5.93. The molecule has 3 N–H and O–H groups in total. The van der Waals surface area contributed by atoms with Crippen LogP contribution in [0.2, 0.25) is 0 Å². The van der Waals surface area contributed by atoms with Crippen LogP contribution >= 0.6 is 0 Å². The number of aliphatic carboxylic acids is 2. The van der Waals surface area contributed by atoms with Crippen molar-refractivity contribution >= 4 is 17.8 Å². The summed E-state index contributed by atoms with van der Waals surface area (Å²) in [5.41, 5.74) is 0.526. The van der Waals surface area contributed by atoms with Crippen LogP contribution in [0.1, 0.15) is 64.7 Å². The number of carbonyl (C=O) groups excluding carboxylic acids is 1. The molecule has 6 heteroatoms. The zero-order valence-corrected chi connectivity index (χ0v) is 14.0. The summed E-state index contributed by atoms with van der Waals surface area (Å²) >= 11 is 0. The predicted octanol–water partition coefficient (Wildman–Crippen LogP) is 2.98. The molecule has 23 heavy (non-hydrogen) atoms. The topological polar surface area (TPSA) is 104 Å². The Labute approximate surface area is 138 Å². The average Bonchev–Trinajstić information content (AvgIpc) is 2.47. The summed E-state index contributed by atoms with van der Waals surface area (Å²) in [7, 11) is 0. The van der Waals surface area contributed by atoms with E-state index in [-0.39, 0.29) is 12.3 Å².